The first-order chi connectivity index (χ1) is 8.34. The Bertz CT molecular complexity index is 335. The van der Waals surface area contributed by atoms with Gasteiger partial charge in [0.25, 0.3) is 0 Å². The number of piperazine rings is 1. The van der Waals surface area contributed by atoms with E-state index in [0.717, 1.165) is 37.7 Å². The van der Waals surface area contributed by atoms with E-state index in [-0.39, 0.29) is 0 Å². The number of rotatable bonds is 5. The standard InChI is InChI=1S/C12H21N5/c1-11-14-5-3-12(16-11)15-4-2-8-17-9-6-13-7-10-17/h3,5,13H,2,4,6-10H2,1H3,(H,14,15,16). The molecule has 1 saturated heterocycles. The van der Waals surface area contributed by atoms with E-state index in [1.807, 2.05) is 13.0 Å². The largest absolute Gasteiger partial charge is 0.370 e. The fourth-order valence-electron chi connectivity index (χ4n) is 2.01. The highest BCUT2D eigenvalue weighted by atomic mass is 15.2. The van der Waals surface area contributed by atoms with Crippen molar-refractivity contribution in [3.63, 3.8) is 0 Å². The average molecular weight is 235 g/mol. The topological polar surface area (TPSA) is 53.1 Å². The maximum atomic E-state index is 4.31. The van der Waals surface area contributed by atoms with Crippen LogP contribution >= 0.6 is 0 Å². The third-order valence-corrected chi connectivity index (χ3v) is 2.94. The quantitative estimate of drug-likeness (QED) is 0.728. The van der Waals surface area contributed by atoms with Gasteiger partial charge in [-0.15, -0.1) is 0 Å². The second-order valence-corrected chi connectivity index (χ2v) is 4.36. The van der Waals surface area contributed by atoms with Crippen LogP contribution in [0.15, 0.2) is 12.3 Å². The van der Waals surface area contributed by atoms with Gasteiger partial charge in [0, 0.05) is 38.9 Å². The summed E-state index contributed by atoms with van der Waals surface area (Å²) in [6.45, 7) is 8.64. The molecule has 1 fully saturated rings. The van der Waals surface area contributed by atoms with Crippen molar-refractivity contribution in [2.24, 2.45) is 0 Å². The molecular formula is C12H21N5. The average Bonchev–Trinajstić information content (AvgIpc) is 2.36. The van der Waals surface area contributed by atoms with Gasteiger partial charge in [-0.1, -0.05) is 0 Å². The van der Waals surface area contributed by atoms with Gasteiger partial charge in [-0.3, -0.25) is 0 Å². The van der Waals surface area contributed by atoms with Gasteiger partial charge in [0.2, 0.25) is 0 Å². The lowest BCUT2D eigenvalue weighted by molar-refractivity contribution is 0.240. The van der Waals surface area contributed by atoms with Gasteiger partial charge in [-0.2, -0.15) is 0 Å². The molecule has 5 nitrogen and oxygen atoms in total. The van der Waals surface area contributed by atoms with Crippen LogP contribution in [0, 0.1) is 6.92 Å². The fraction of sp³-hybridized carbons (Fsp3) is 0.667. The van der Waals surface area contributed by atoms with E-state index >= 15 is 0 Å². The molecule has 2 heterocycles. The molecule has 0 atom stereocenters. The summed E-state index contributed by atoms with van der Waals surface area (Å²) < 4.78 is 0. The molecule has 0 amide bonds. The Morgan fingerprint density at radius 2 is 2.24 bits per heavy atom. The van der Waals surface area contributed by atoms with E-state index in [1.54, 1.807) is 6.20 Å². The SMILES string of the molecule is Cc1nccc(NCCCN2CCNCC2)n1. The Hall–Kier alpha value is -1.20. The normalized spacial score (nSPS) is 17.0. The Labute approximate surface area is 103 Å². The maximum absolute atomic E-state index is 4.31. The summed E-state index contributed by atoms with van der Waals surface area (Å²) in [6, 6.07) is 1.91. The molecule has 2 rings (SSSR count). The minimum absolute atomic E-state index is 0.817. The zero-order valence-electron chi connectivity index (χ0n) is 10.4. The molecule has 1 aliphatic heterocycles. The molecule has 0 aliphatic carbocycles. The molecule has 0 bridgehead atoms. The van der Waals surface area contributed by atoms with Crippen LogP contribution in [0.3, 0.4) is 0 Å². The molecule has 0 saturated carbocycles. The highest BCUT2D eigenvalue weighted by Crippen LogP contribution is 2.01. The number of aromatic nitrogens is 2. The number of nitrogens with zero attached hydrogens (tertiary/aromatic N) is 3. The third kappa shape index (κ3) is 4.28. The van der Waals surface area contributed by atoms with Gasteiger partial charge < -0.3 is 15.5 Å². The zero-order valence-corrected chi connectivity index (χ0v) is 10.4. The summed E-state index contributed by atoms with van der Waals surface area (Å²) in [5.41, 5.74) is 0. The molecule has 94 valence electrons. The summed E-state index contributed by atoms with van der Waals surface area (Å²) in [4.78, 5) is 10.9. The Morgan fingerprint density at radius 3 is 3.00 bits per heavy atom. The van der Waals surface area contributed by atoms with Crippen LogP contribution in [0.2, 0.25) is 0 Å². The second kappa shape index (κ2) is 6.51. The van der Waals surface area contributed by atoms with Crippen molar-refractivity contribution >= 4 is 5.82 Å². The van der Waals surface area contributed by atoms with E-state index in [4.69, 9.17) is 0 Å². The Morgan fingerprint density at radius 1 is 1.41 bits per heavy atom. The lowest BCUT2D eigenvalue weighted by Gasteiger charge is -2.27. The van der Waals surface area contributed by atoms with Gasteiger partial charge >= 0.3 is 0 Å². The van der Waals surface area contributed by atoms with E-state index in [1.165, 1.54) is 19.6 Å². The van der Waals surface area contributed by atoms with Crippen LogP contribution in [-0.2, 0) is 0 Å². The number of hydrogen-bond donors (Lipinski definition) is 2. The van der Waals surface area contributed by atoms with Crippen molar-refractivity contribution in [2.45, 2.75) is 13.3 Å². The molecule has 17 heavy (non-hydrogen) atoms. The van der Waals surface area contributed by atoms with Gasteiger partial charge in [-0.25, -0.2) is 9.97 Å². The molecular weight excluding hydrogens is 214 g/mol. The Balaban J connectivity index is 1.62. The highest BCUT2D eigenvalue weighted by molar-refractivity contribution is 5.32. The van der Waals surface area contributed by atoms with Crippen LogP contribution in [0.25, 0.3) is 0 Å². The summed E-state index contributed by atoms with van der Waals surface area (Å²) >= 11 is 0. The van der Waals surface area contributed by atoms with E-state index in [9.17, 15) is 0 Å². The molecule has 0 aromatic carbocycles. The number of hydrogen-bond acceptors (Lipinski definition) is 5. The molecule has 0 radical (unpaired) electrons. The summed E-state index contributed by atoms with van der Waals surface area (Å²) in [7, 11) is 0. The zero-order chi connectivity index (χ0) is 11.9. The first-order valence-electron chi connectivity index (χ1n) is 6.31. The van der Waals surface area contributed by atoms with Crippen LogP contribution < -0.4 is 10.6 Å². The van der Waals surface area contributed by atoms with E-state index in [2.05, 4.69) is 25.5 Å². The van der Waals surface area contributed by atoms with Crippen molar-refractivity contribution in [1.82, 2.24) is 20.2 Å². The minimum atomic E-state index is 0.817. The van der Waals surface area contributed by atoms with Gasteiger partial charge in [0.1, 0.15) is 11.6 Å². The first-order valence-corrected chi connectivity index (χ1v) is 6.31. The van der Waals surface area contributed by atoms with E-state index < -0.39 is 0 Å². The molecule has 5 heteroatoms. The second-order valence-electron chi connectivity index (χ2n) is 4.36. The Kier molecular flexibility index (Phi) is 4.70. The summed E-state index contributed by atoms with van der Waals surface area (Å²) in [5.74, 6) is 1.75. The molecule has 1 aliphatic rings. The molecule has 2 N–H and O–H groups in total. The van der Waals surface area contributed by atoms with Crippen molar-refractivity contribution in [3.8, 4) is 0 Å². The van der Waals surface area contributed by atoms with Crippen molar-refractivity contribution in [1.29, 1.82) is 0 Å². The van der Waals surface area contributed by atoms with Crippen LogP contribution in [0.4, 0.5) is 5.82 Å². The predicted molar refractivity (Wildman–Crippen MR) is 69.2 cm³/mol. The van der Waals surface area contributed by atoms with Gasteiger partial charge in [0.15, 0.2) is 0 Å². The minimum Gasteiger partial charge on any atom is -0.370 e. The van der Waals surface area contributed by atoms with Gasteiger partial charge in [0.05, 0.1) is 0 Å². The first kappa shape index (κ1) is 12.3. The van der Waals surface area contributed by atoms with E-state index in [0.29, 0.717) is 0 Å². The van der Waals surface area contributed by atoms with Crippen molar-refractivity contribution < 1.29 is 0 Å². The van der Waals surface area contributed by atoms with Crippen molar-refractivity contribution in [3.05, 3.63) is 18.1 Å². The number of anilines is 1. The summed E-state index contributed by atoms with van der Waals surface area (Å²) in [6.07, 6.45) is 2.95. The lowest BCUT2D eigenvalue weighted by atomic mass is 10.3. The van der Waals surface area contributed by atoms with Crippen LogP contribution in [0.1, 0.15) is 12.2 Å². The fourth-order valence-corrected chi connectivity index (χ4v) is 2.01. The van der Waals surface area contributed by atoms with Crippen LogP contribution in [0.5, 0.6) is 0 Å². The number of aryl methyl sites for hydroxylation is 1. The smallest absolute Gasteiger partial charge is 0.129 e. The third-order valence-electron chi connectivity index (χ3n) is 2.94. The van der Waals surface area contributed by atoms with Crippen LogP contribution in [-0.4, -0.2) is 54.1 Å². The lowest BCUT2D eigenvalue weighted by Crippen LogP contribution is -2.44. The maximum Gasteiger partial charge on any atom is 0.129 e. The monoisotopic (exact) mass is 235 g/mol. The van der Waals surface area contributed by atoms with Gasteiger partial charge in [-0.05, 0) is 26.0 Å². The highest BCUT2D eigenvalue weighted by Gasteiger charge is 2.07. The van der Waals surface area contributed by atoms with Crippen molar-refractivity contribution in [2.75, 3.05) is 44.6 Å². The number of nitrogens with one attached hydrogen (secondary N) is 2. The molecule has 0 unspecified atom stereocenters. The predicted octanol–water partition coefficient (Wildman–Crippen LogP) is 0.492. The molecule has 1 aromatic rings. The molecule has 1 aromatic heterocycles. The molecule has 0 spiro atoms. The summed E-state index contributed by atoms with van der Waals surface area (Å²) in [5, 5.41) is 6.69.